The van der Waals surface area contributed by atoms with Gasteiger partial charge in [0.2, 0.25) is 0 Å². The molecule has 1 aliphatic heterocycles. The fourth-order valence-corrected chi connectivity index (χ4v) is 1.17. The Kier molecular flexibility index (Phi) is 3.52. The molecule has 0 saturated carbocycles. The standard InChI is InChI=1S/C11H15N/c1-3-5-8-11-10(4-2)7-6-9-12-11/h4-5,7-8H,2-3,6,9H2,1H3/b8-5+. The highest BCUT2D eigenvalue weighted by atomic mass is 14.7. The molecule has 0 radical (unpaired) electrons. The zero-order chi connectivity index (χ0) is 8.81. The van der Waals surface area contributed by atoms with E-state index in [0.29, 0.717) is 0 Å². The molecule has 1 rings (SSSR count). The van der Waals surface area contributed by atoms with Crippen LogP contribution in [-0.4, -0.2) is 12.3 Å². The molecule has 0 aromatic carbocycles. The van der Waals surface area contributed by atoms with Crippen molar-refractivity contribution in [2.45, 2.75) is 19.8 Å². The van der Waals surface area contributed by atoms with E-state index in [4.69, 9.17) is 0 Å². The van der Waals surface area contributed by atoms with Crippen LogP contribution in [0.25, 0.3) is 0 Å². The summed E-state index contributed by atoms with van der Waals surface area (Å²) in [6.07, 6.45) is 10.4. The number of allylic oxidation sites excluding steroid dienone is 4. The molecule has 0 unspecified atom stereocenters. The van der Waals surface area contributed by atoms with E-state index in [2.05, 4.69) is 36.7 Å². The molecule has 64 valence electrons. The molecule has 1 heterocycles. The largest absolute Gasteiger partial charge is 0.284 e. The van der Waals surface area contributed by atoms with E-state index < -0.39 is 0 Å². The second-order valence-corrected chi connectivity index (χ2v) is 2.73. The minimum Gasteiger partial charge on any atom is -0.284 e. The van der Waals surface area contributed by atoms with Crippen LogP contribution in [0.2, 0.25) is 0 Å². The fraction of sp³-hybridized carbons (Fsp3) is 0.364. The molecule has 1 nitrogen and oxygen atoms in total. The van der Waals surface area contributed by atoms with Gasteiger partial charge in [-0.05, 0) is 24.5 Å². The summed E-state index contributed by atoms with van der Waals surface area (Å²) in [5, 5.41) is 0. The lowest BCUT2D eigenvalue weighted by Crippen LogP contribution is -2.03. The summed E-state index contributed by atoms with van der Waals surface area (Å²) in [4.78, 5) is 4.41. The maximum atomic E-state index is 4.41. The van der Waals surface area contributed by atoms with Crippen molar-refractivity contribution in [3.8, 4) is 0 Å². The van der Waals surface area contributed by atoms with Gasteiger partial charge in [-0.15, -0.1) is 0 Å². The van der Waals surface area contributed by atoms with E-state index >= 15 is 0 Å². The predicted molar refractivity (Wildman–Crippen MR) is 54.6 cm³/mol. The van der Waals surface area contributed by atoms with Crippen LogP contribution in [0.15, 0.2) is 41.4 Å². The van der Waals surface area contributed by atoms with Gasteiger partial charge in [-0.25, -0.2) is 0 Å². The molecule has 0 aliphatic carbocycles. The Balaban J connectivity index is 2.73. The lowest BCUT2D eigenvalue weighted by Gasteiger charge is -2.07. The molecular weight excluding hydrogens is 146 g/mol. The quantitative estimate of drug-likeness (QED) is 0.603. The van der Waals surface area contributed by atoms with Gasteiger partial charge in [0.1, 0.15) is 0 Å². The molecule has 1 heteroatoms. The lowest BCUT2D eigenvalue weighted by molar-refractivity contribution is 0.987. The van der Waals surface area contributed by atoms with Gasteiger partial charge in [-0.2, -0.15) is 0 Å². The van der Waals surface area contributed by atoms with E-state index in [1.54, 1.807) is 0 Å². The van der Waals surface area contributed by atoms with E-state index in [1.165, 1.54) is 5.57 Å². The smallest absolute Gasteiger partial charge is 0.0640 e. The number of dihydropyridines is 1. The third-order valence-corrected chi connectivity index (χ3v) is 1.80. The van der Waals surface area contributed by atoms with Gasteiger partial charge >= 0.3 is 0 Å². The van der Waals surface area contributed by atoms with Gasteiger partial charge in [0.25, 0.3) is 0 Å². The Bertz CT molecular complexity index is 244. The van der Waals surface area contributed by atoms with Crippen molar-refractivity contribution in [3.05, 3.63) is 36.5 Å². The van der Waals surface area contributed by atoms with Crippen LogP contribution < -0.4 is 0 Å². The summed E-state index contributed by atoms with van der Waals surface area (Å²) in [7, 11) is 0. The first-order valence-electron chi connectivity index (χ1n) is 4.42. The van der Waals surface area contributed by atoms with Crippen molar-refractivity contribution >= 4 is 5.71 Å². The molecule has 0 aromatic rings. The lowest BCUT2D eigenvalue weighted by atomic mass is 10.1. The zero-order valence-corrected chi connectivity index (χ0v) is 7.59. The van der Waals surface area contributed by atoms with Gasteiger partial charge in [-0.1, -0.05) is 31.7 Å². The Labute approximate surface area is 74.2 Å². The topological polar surface area (TPSA) is 12.4 Å². The Morgan fingerprint density at radius 3 is 3.17 bits per heavy atom. The van der Waals surface area contributed by atoms with Gasteiger partial charge < -0.3 is 0 Å². The minimum atomic E-state index is 0.917. The van der Waals surface area contributed by atoms with Crippen LogP contribution in [0.5, 0.6) is 0 Å². The van der Waals surface area contributed by atoms with E-state index in [9.17, 15) is 0 Å². The van der Waals surface area contributed by atoms with E-state index in [1.807, 2.05) is 6.08 Å². The highest BCUT2D eigenvalue weighted by molar-refractivity contribution is 6.10. The average Bonchev–Trinajstić information content (AvgIpc) is 2.15. The van der Waals surface area contributed by atoms with Crippen molar-refractivity contribution < 1.29 is 0 Å². The van der Waals surface area contributed by atoms with Crippen molar-refractivity contribution in [3.63, 3.8) is 0 Å². The monoisotopic (exact) mass is 161 g/mol. The van der Waals surface area contributed by atoms with Gasteiger partial charge in [-0.3, -0.25) is 4.99 Å². The summed E-state index contributed by atoms with van der Waals surface area (Å²) in [6, 6.07) is 0. The summed E-state index contributed by atoms with van der Waals surface area (Å²) in [6.45, 7) is 6.80. The maximum Gasteiger partial charge on any atom is 0.0640 e. The molecule has 0 bridgehead atoms. The highest BCUT2D eigenvalue weighted by Crippen LogP contribution is 2.09. The predicted octanol–water partition coefficient (Wildman–Crippen LogP) is 2.91. The number of aliphatic imine (C=N–C) groups is 1. The van der Waals surface area contributed by atoms with E-state index in [0.717, 1.165) is 25.1 Å². The number of rotatable bonds is 3. The molecule has 0 amide bonds. The van der Waals surface area contributed by atoms with Gasteiger partial charge in [0.05, 0.1) is 5.71 Å². The molecular formula is C11H15N. The summed E-state index contributed by atoms with van der Waals surface area (Å²) >= 11 is 0. The van der Waals surface area contributed by atoms with Crippen molar-refractivity contribution in [2.75, 3.05) is 6.54 Å². The second-order valence-electron chi connectivity index (χ2n) is 2.73. The first-order valence-corrected chi connectivity index (χ1v) is 4.42. The third kappa shape index (κ3) is 2.19. The van der Waals surface area contributed by atoms with Gasteiger partial charge in [0.15, 0.2) is 0 Å². The normalized spacial score (nSPS) is 17.4. The minimum absolute atomic E-state index is 0.917. The molecule has 12 heavy (non-hydrogen) atoms. The highest BCUT2D eigenvalue weighted by Gasteiger charge is 2.02. The molecule has 0 spiro atoms. The van der Waals surface area contributed by atoms with Crippen LogP contribution in [-0.2, 0) is 0 Å². The molecule has 0 fully saturated rings. The van der Waals surface area contributed by atoms with Crippen LogP contribution in [0, 0.1) is 0 Å². The van der Waals surface area contributed by atoms with Crippen LogP contribution in [0.1, 0.15) is 19.8 Å². The molecule has 0 N–H and O–H groups in total. The fourth-order valence-electron chi connectivity index (χ4n) is 1.17. The maximum absolute atomic E-state index is 4.41. The number of nitrogens with zero attached hydrogens (tertiary/aromatic N) is 1. The van der Waals surface area contributed by atoms with Gasteiger partial charge in [0, 0.05) is 6.54 Å². The van der Waals surface area contributed by atoms with Crippen molar-refractivity contribution in [1.29, 1.82) is 0 Å². The van der Waals surface area contributed by atoms with Crippen molar-refractivity contribution in [1.82, 2.24) is 0 Å². The molecule has 0 atom stereocenters. The zero-order valence-electron chi connectivity index (χ0n) is 7.59. The second kappa shape index (κ2) is 4.70. The molecule has 0 aromatic heterocycles. The number of hydrogen-bond acceptors (Lipinski definition) is 1. The average molecular weight is 161 g/mol. The van der Waals surface area contributed by atoms with Crippen LogP contribution in [0.4, 0.5) is 0 Å². The van der Waals surface area contributed by atoms with E-state index in [-0.39, 0.29) is 0 Å². The summed E-state index contributed by atoms with van der Waals surface area (Å²) in [5.74, 6) is 0. The first kappa shape index (κ1) is 8.98. The Hall–Kier alpha value is -1.11. The number of hydrogen-bond donors (Lipinski definition) is 0. The molecule has 1 aliphatic rings. The SMILES string of the molecule is C=CC1=CCCN=C1/C=C/CC. The van der Waals surface area contributed by atoms with Crippen molar-refractivity contribution in [2.24, 2.45) is 4.99 Å². The summed E-state index contributed by atoms with van der Waals surface area (Å²) < 4.78 is 0. The van der Waals surface area contributed by atoms with Crippen LogP contribution >= 0.6 is 0 Å². The van der Waals surface area contributed by atoms with Crippen LogP contribution in [0.3, 0.4) is 0 Å². The Morgan fingerprint density at radius 2 is 2.50 bits per heavy atom. The third-order valence-electron chi connectivity index (χ3n) is 1.80. The molecule has 0 saturated heterocycles. The summed E-state index contributed by atoms with van der Waals surface area (Å²) in [5.41, 5.74) is 2.25. The Morgan fingerprint density at radius 1 is 1.67 bits per heavy atom. The first-order chi connectivity index (χ1) is 5.88.